The third-order valence-electron chi connectivity index (χ3n) is 10.2. The van der Waals surface area contributed by atoms with Crippen molar-refractivity contribution in [1.29, 1.82) is 0 Å². The second kappa shape index (κ2) is 21.6. The van der Waals surface area contributed by atoms with Crippen LogP contribution in [0.1, 0.15) is 35.1 Å². The molecule has 0 amide bonds. The number of ketones is 2. The molecule has 6 rings (SSSR count). The van der Waals surface area contributed by atoms with Crippen LogP contribution in [-0.2, 0) is 44.7 Å². The minimum absolute atomic E-state index is 0.00663. The Balaban J connectivity index is 0.849. The number of rotatable bonds is 20. The van der Waals surface area contributed by atoms with Crippen LogP contribution in [0.3, 0.4) is 0 Å². The van der Waals surface area contributed by atoms with Crippen LogP contribution in [0.25, 0.3) is 0 Å². The lowest BCUT2D eigenvalue weighted by molar-refractivity contribution is -0.277. The predicted molar refractivity (Wildman–Crippen MR) is 210 cm³/mol. The molecule has 0 spiro atoms. The van der Waals surface area contributed by atoms with Crippen molar-refractivity contribution in [3.63, 3.8) is 0 Å². The van der Waals surface area contributed by atoms with Crippen molar-refractivity contribution < 1.29 is 78.9 Å². The number of carbonyl (C=O) groups is 2. The zero-order valence-electron chi connectivity index (χ0n) is 33.0. The van der Waals surface area contributed by atoms with Gasteiger partial charge in [0, 0.05) is 50.2 Å². The molecular weight excluding hydrogens is 800 g/mol. The summed E-state index contributed by atoms with van der Waals surface area (Å²) in [5.41, 5.74) is 3.17. The molecular formula is C43H50N2O16. The van der Waals surface area contributed by atoms with E-state index >= 15 is 0 Å². The van der Waals surface area contributed by atoms with E-state index in [0.717, 1.165) is 11.1 Å². The number of Topliss-reactive ketones (excluding diaryl/α,β-unsaturated/α-hetero) is 2. The van der Waals surface area contributed by atoms with Crippen LogP contribution in [0.4, 0.5) is 0 Å². The van der Waals surface area contributed by atoms with Gasteiger partial charge >= 0.3 is 0 Å². The molecule has 8 N–H and O–H groups in total. The Morgan fingerprint density at radius 3 is 1.23 bits per heavy atom. The summed E-state index contributed by atoms with van der Waals surface area (Å²) >= 11 is 0. The van der Waals surface area contributed by atoms with Gasteiger partial charge in [0.2, 0.25) is 31.1 Å². The Morgan fingerprint density at radius 2 is 0.885 bits per heavy atom. The van der Waals surface area contributed by atoms with Crippen molar-refractivity contribution in [2.45, 2.75) is 99.9 Å². The molecule has 2 aliphatic rings. The van der Waals surface area contributed by atoms with Crippen LogP contribution in [0, 0.1) is 0 Å². The Morgan fingerprint density at radius 1 is 0.508 bits per heavy atom. The summed E-state index contributed by atoms with van der Waals surface area (Å²) in [4.78, 5) is 33.9. The Hall–Kier alpha value is -5.12. The molecule has 18 heteroatoms. The van der Waals surface area contributed by atoms with Crippen molar-refractivity contribution in [3.8, 4) is 23.3 Å². The first-order chi connectivity index (χ1) is 29.4. The van der Waals surface area contributed by atoms with E-state index in [1.165, 1.54) is 0 Å². The highest BCUT2D eigenvalue weighted by Crippen LogP contribution is 2.27. The first-order valence-electron chi connectivity index (χ1n) is 19.7. The molecule has 4 aromatic rings. The maximum absolute atomic E-state index is 12.7. The molecule has 0 saturated carbocycles. The van der Waals surface area contributed by atoms with E-state index in [2.05, 4.69) is 9.97 Å². The number of aromatic nitrogens is 2. The van der Waals surface area contributed by atoms with Crippen LogP contribution in [0.5, 0.6) is 23.3 Å². The third kappa shape index (κ3) is 12.5. The molecule has 18 nitrogen and oxygen atoms in total. The summed E-state index contributed by atoms with van der Waals surface area (Å²) in [5.74, 6) is 1.27. The van der Waals surface area contributed by atoms with E-state index in [-0.39, 0.29) is 44.0 Å². The molecule has 0 aliphatic carbocycles. The topological polar surface area (TPSA) is 277 Å². The number of hydrogen-bond acceptors (Lipinski definition) is 18. The number of pyridine rings is 2. The van der Waals surface area contributed by atoms with Crippen LogP contribution in [0.15, 0.2) is 85.2 Å². The third-order valence-corrected chi connectivity index (χ3v) is 10.2. The van der Waals surface area contributed by atoms with Gasteiger partial charge in [0.15, 0.2) is 0 Å². The highest BCUT2D eigenvalue weighted by Gasteiger charge is 2.45. The second-order valence-electron chi connectivity index (χ2n) is 14.8. The molecule has 0 bridgehead atoms. The van der Waals surface area contributed by atoms with Gasteiger partial charge in [-0.25, -0.2) is 9.97 Å². The molecule has 2 aliphatic heterocycles. The van der Waals surface area contributed by atoms with Gasteiger partial charge in [-0.3, -0.25) is 9.59 Å². The number of aliphatic hydroxyl groups excluding tert-OH is 8. The fourth-order valence-electron chi connectivity index (χ4n) is 6.62. The van der Waals surface area contributed by atoms with Crippen molar-refractivity contribution in [1.82, 2.24) is 9.97 Å². The molecule has 328 valence electrons. The van der Waals surface area contributed by atoms with Gasteiger partial charge in [0.05, 0.1) is 13.2 Å². The van der Waals surface area contributed by atoms with Crippen molar-refractivity contribution in [2.75, 3.05) is 20.0 Å². The van der Waals surface area contributed by atoms with Crippen LogP contribution in [0.2, 0.25) is 0 Å². The zero-order chi connectivity index (χ0) is 43.5. The maximum Gasteiger partial charge on any atom is 0.234 e. The first-order valence-corrected chi connectivity index (χ1v) is 19.7. The number of aliphatic hydroxyl groups is 8. The summed E-state index contributed by atoms with van der Waals surface area (Å²) in [7, 11) is 0. The number of hydrogen-bond donors (Lipinski definition) is 8. The van der Waals surface area contributed by atoms with Gasteiger partial charge in [-0.1, -0.05) is 36.4 Å². The normalized spacial score (nSPS) is 26.3. The molecule has 2 aromatic heterocycles. The Kier molecular flexibility index (Phi) is 16.1. The number of nitrogens with zero attached hydrogens (tertiary/aromatic N) is 2. The largest absolute Gasteiger partial charge is 0.462 e. The van der Waals surface area contributed by atoms with E-state index < -0.39 is 74.6 Å². The molecule has 0 radical (unpaired) electrons. The van der Waals surface area contributed by atoms with E-state index in [4.69, 9.17) is 28.4 Å². The van der Waals surface area contributed by atoms with E-state index in [0.29, 0.717) is 47.2 Å². The SMILES string of the molecule is O=C(CCc1ccc(O[C@@H]2OC(CO)[C@H](O)C(O)C2O)cc1)Cc1ccc(OCOc2ccc(CC(=O)CCc3ccc(O[C@@H]4OC(CO)[C@H](O)[C@H](O)C4O)cc3)cn2)nc1. The van der Waals surface area contributed by atoms with Crippen molar-refractivity contribution in [2.24, 2.45) is 0 Å². The van der Waals surface area contributed by atoms with Crippen LogP contribution < -0.4 is 18.9 Å². The average Bonchev–Trinajstić information content (AvgIpc) is 3.27. The minimum atomic E-state index is -1.54. The fourth-order valence-corrected chi connectivity index (χ4v) is 6.62. The quantitative estimate of drug-likeness (QED) is 0.0532. The highest BCUT2D eigenvalue weighted by molar-refractivity contribution is 5.81. The lowest BCUT2D eigenvalue weighted by Gasteiger charge is -2.39. The Bertz CT molecular complexity index is 1840. The summed E-state index contributed by atoms with van der Waals surface area (Å²) in [5, 5.41) is 78.9. The molecule has 10 atom stereocenters. The van der Waals surface area contributed by atoms with Crippen LogP contribution >= 0.6 is 0 Å². The lowest BCUT2D eigenvalue weighted by atomic mass is 9.99. The van der Waals surface area contributed by atoms with E-state index in [1.54, 1.807) is 85.2 Å². The highest BCUT2D eigenvalue weighted by atomic mass is 16.7. The molecule has 2 saturated heterocycles. The fraction of sp³-hybridized carbons (Fsp3) is 0.442. The molecule has 2 aromatic carbocycles. The molecule has 5 unspecified atom stereocenters. The summed E-state index contributed by atoms with van der Waals surface area (Å²) < 4.78 is 33.1. The Labute approximate surface area is 350 Å². The number of aryl methyl sites for hydroxylation is 2. The van der Waals surface area contributed by atoms with Crippen molar-refractivity contribution in [3.05, 3.63) is 107 Å². The maximum atomic E-state index is 12.7. The number of ether oxygens (including phenoxy) is 6. The number of carbonyl (C=O) groups excluding carboxylic acids is 2. The van der Waals surface area contributed by atoms with Crippen molar-refractivity contribution >= 4 is 11.6 Å². The summed E-state index contributed by atoms with van der Waals surface area (Å²) in [6.45, 7) is -1.29. The minimum Gasteiger partial charge on any atom is -0.462 e. The van der Waals surface area contributed by atoms with Gasteiger partial charge in [-0.05, 0) is 59.4 Å². The molecule has 61 heavy (non-hydrogen) atoms. The molecule has 4 heterocycles. The predicted octanol–water partition coefficient (Wildman–Crippen LogP) is -0.262. The lowest BCUT2D eigenvalue weighted by Crippen LogP contribution is -2.60. The second-order valence-corrected chi connectivity index (χ2v) is 14.8. The van der Waals surface area contributed by atoms with Crippen LogP contribution in [-0.4, -0.2) is 144 Å². The van der Waals surface area contributed by atoms with E-state index in [9.17, 15) is 50.4 Å². The van der Waals surface area contributed by atoms with Gasteiger partial charge in [0.25, 0.3) is 0 Å². The molecule has 2 fully saturated rings. The van der Waals surface area contributed by atoms with Gasteiger partial charge < -0.3 is 69.3 Å². The van der Waals surface area contributed by atoms with E-state index in [1.807, 2.05) is 0 Å². The van der Waals surface area contributed by atoms with Gasteiger partial charge in [-0.2, -0.15) is 0 Å². The van der Waals surface area contributed by atoms with Gasteiger partial charge in [0.1, 0.15) is 71.9 Å². The van der Waals surface area contributed by atoms with Gasteiger partial charge in [-0.15, -0.1) is 0 Å². The average molecular weight is 851 g/mol. The standard InChI is InChI=1S/C43H50N2O16/c46-21-32-36(50)38(52)40(54)42(60-32)58-30-11-3-24(4-12-30)1-9-28(48)17-26-7-15-34(44-19-26)56-23-57-35-16-8-27(20-45-35)18-29(49)10-2-25-5-13-31(14-6-25)59-43-41(55)39(53)37(51)33(22-47)61-43/h3-8,11-16,19-20,32-33,36-43,46-47,50-55H,1-2,9-10,17-18,21-23H2/t32?,33?,36-,37-,38-,39?,40?,41?,42+,43+/m0/s1. The smallest absolute Gasteiger partial charge is 0.234 e. The first kappa shape index (κ1) is 45.4. The number of benzene rings is 2. The monoisotopic (exact) mass is 850 g/mol. The summed E-state index contributed by atoms with van der Waals surface area (Å²) in [6.07, 6.45) is -8.83. The summed E-state index contributed by atoms with van der Waals surface area (Å²) in [6, 6.07) is 20.3. The zero-order valence-corrected chi connectivity index (χ0v) is 33.0.